The Bertz CT molecular complexity index is 851. The molecule has 2 rings (SSSR count). The summed E-state index contributed by atoms with van der Waals surface area (Å²) >= 11 is 5.85. The lowest BCUT2D eigenvalue weighted by Crippen LogP contribution is -2.34. The molecule has 5 nitrogen and oxygen atoms in total. The molecular formula is C19H23ClN2O3S. The zero-order valence-electron chi connectivity index (χ0n) is 14.9. The predicted molar refractivity (Wildman–Crippen MR) is 104 cm³/mol. The number of nitrogens with zero attached hydrogens (tertiary/aromatic N) is 1. The van der Waals surface area contributed by atoms with Gasteiger partial charge in [-0.15, -0.1) is 0 Å². The quantitative estimate of drug-likeness (QED) is 0.748. The number of amides is 1. The van der Waals surface area contributed by atoms with E-state index in [-0.39, 0.29) is 25.4 Å². The number of sulfonamides is 1. The highest BCUT2D eigenvalue weighted by Crippen LogP contribution is 2.13. The second-order valence-corrected chi connectivity index (χ2v) is 8.60. The Labute approximate surface area is 160 Å². The third-order valence-corrected chi connectivity index (χ3v) is 5.57. The Morgan fingerprint density at radius 2 is 1.77 bits per heavy atom. The number of hydrogen-bond acceptors (Lipinski definition) is 3. The molecule has 0 aliphatic rings. The third-order valence-electron chi connectivity index (χ3n) is 4.07. The Morgan fingerprint density at radius 1 is 1.12 bits per heavy atom. The molecule has 0 aliphatic heterocycles. The maximum absolute atomic E-state index is 12.1. The number of rotatable bonds is 8. The molecule has 2 aromatic rings. The van der Waals surface area contributed by atoms with Crippen molar-refractivity contribution in [3.05, 3.63) is 70.2 Å². The molecule has 26 heavy (non-hydrogen) atoms. The Hall–Kier alpha value is -1.89. The highest BCUT2D eigenvalue weighted by atomic mass is 35.5. The molecule has 0 radical (unpaired) electrons. The van der Waals surface area contributed by atoms with Crippen LogP contribution in [-0.2, 0) is 27.9 Å². The van der Waals surface area contributed by atoms with Crippen molar-refractivity contribution in [1.29, 1.82) is 0 Å². The summed E-state index contributed by atoms with van der Waals surface area (Å²) in [5.74, 6) is -0.182. The van der Waals surface area contributed by atoms with Crippen LogP contribution >= 0.6 is 11.6 Å². The van der Waals surface area contributed by atoms with E-state index < -0.39 is 10.0 Å². The van der Waals surface area contributed by atoms with Gasteiger partial charge in [0.15, 0.2) is 0 Å². The number of halogens is 1. The second-order valence-electron chi connectivity index (χ2n) is 6.18. The van der Waals surface area contributed by atoms with E-state index in [1.165, 1.54) is 4.31 Å². The molecular weight excluding hydrogens is 372 g/mol. The lowest BCUT2D eigenvalue weighted by atomic mass is 10.1. The van der Waals surface area contributed by atoms with Gasteiger partial charge in [0, 0.05) is 31.1 Å². The summed E-state index contributed by atoms with van der Waals surface area (Å²) in [6, 6.07) is 14.8. The van der Waals surface area contributed by atoms with E-state index in [1.807, 2.05) is 31.2 Å². The first kappa shape index (κ1) is 20.4. The molecule has 0 aromatic heterocycles. The van der Waals surface area contributed by atoms with Crippen LogP contribution < -0.4 is 5.32 Å². The molecule has 1 amide bonds. The van der Waals surface area contributed by atoms with Crippen LogP contribution in [0.5, 0.6) is 0 Å². The first-order chi connectivity index (χ1) is 12.3. The van der Waals surface area contributed by atoms with Crippen LogP contribution in [-0.4, -0.2) is 31.4 Å². The number of carbonyl (C=O) groups is 1. The van der Waals surface area contributed by atoms with Gasteiger partial charge in [-0.1, -0.05) is 48.0 Å². The molecule has 0 saturated heterocycles. The van der Waals surface area contributed by atoms with Crippen LogP contribution in [0.15, 0.2) is 48.5 Å². The second kappa shape index (κ2) is 9.16. The zero-order valence-corrected chi connectivity index (χ0v) is 16.5. The SMILES string of the molecule is Cc1ccccc1CNC(=O)CCN(Cc1ccc(Cl)cc1)S(C)(=O)=O. The number of hydrogen-bond donors (Lipinski definition) is 1. The molecule has 1 N–H and O–H groups in total. The molecule has 0 aliphatic carbocycles. The first-order valence-corrected chi connectivity index (χ1v) is 10.5. The van der Waals surface area contributed by atoms with Crippen LogP contribution in [0.1, 0.15) is 23.1 Å². The number of aryl methyl sites for hydroxylation is 1. The highest BCUT2D eigenvalue weighted by molar-refractivity contribution is 7.88. The van der Waals surface area contributed by atoms with Gasteiger partial charge in [-0.3, -0.25) is 4.79 Å². The van der Waals surface area contributed by atoms with E-state index in [4.69, 9.17) is 11.6 Å². The van der Waals surface area contributed by atoms with Gasteiger partial charge in [0.1, 0.15) is 0 Å². The average Bonchev–Trinajstić information content (AvgIpc) is 2.58. The number of nitrogens with one attached hydrogen (secondary N) is 1. The minimum atomic E-state index is -3.42. The van der Waals surface area contributed by atoms with Crippen molar-refractivity contribution in [2.24, 2.45) is 0 Å². The van der Waals surface area contributed by atoms with Crippen molar-refractivity contribution in [2.45, 2.75) is 26.4 Å². The van der Waals surface area contributed by atoms with E-state index in [9.17, 15) is 13.2 Å². The number of carbonyl (C=O) groups excluding carboxylic acids is 1. The summed E-state index contributed by atoms with van der Waals surface area (Å²) in [6.45, 7) is 2.75. The number of benzene rings is 2. The van der Waals surface area contributed by atoms with E-state index >= 15 is 0 Å². The van der Waals surface area contributed by atoms with Gasteiger partial charge in [-0.05, 0) is 35.7 Å². The van der Waals surface area contributed by atoms with E-state index in [0.717, 1.165) is 22.9 Å². The zero-order chi connectivity index (χ0) is 19.2. The highest BCUT2D eigenvalue weighted by Gasteiger charge is 2.18. The van der Waals surface area contributed by atoms with Gasteiger partial charge in [-0.25, -0.2) is 8.42 Å². The van der Waals surface area contributed by atoms with Crippen LogP contribution in [0.25, 0.3) is 0 Å². The van der Waals surface area contributed by atoms with Crippen LogP contribution in [0.3, 0.4) is 0 Å². The molecule has 0 saturated carbocycles. The Balaban J connectivity index is 1.91. The van der Waals surface area contributed by atoms with Crippen LogP contribution in [0.4, 0.5) is 0 Å². The fraction of sp³-hybridized carbons (Fsp3) is 0.316. The molecule has 0 atom stereocenters. The summed E-state index contributed by atoms with van der Waals surface area (Å²) in [4.78, 5) is 12.1. The normalized spacial score (nSPS) is 11.5. The molecule has 0 bridgehead atoms. The Morgan fingerprint density at radius 3 is 2.38 bits per heavy atom. The summed E-state index contributed by atoms with van der Waals surface area (Å²) in [5.41, 5.74) is 2.97. The maximum atomic E-state index is 12.1. The lowest BCUT2D eigenvalue weighted by Gasteiger charge is -2.20. The lowest BCUT2D eigenvalue weighted by molar-refractivity contribution is -0.121. The van der Waals surface area contributed by atoms with Gasteiger partial charge in [0.05, 0.1) is 6.26 Å². The third kappa shape index (κ3) is 6.44. The van der Waals surface area contributed by atoms with E-state index in [2.05, 4.69) is 5.32 Å². The predicted octanol–water partition coefficient (Wildman–Crippen LogP) is 3.12. The molecule has 0 spiro atoms. The molecule has 7 heteroatoms. The van der Waals surface area contributed by atoms with Crippen molar-refractivity contribution in [3.63, 3.8) is 0 Å². The van der Waals surface area contributed by atoms with E-state index in [0.29, 0.717) is 11.6 Å². The summed E-state index contributed by atoms with van der Waals surface area (Å²) in [5, 5.41) is 3.43. The van der Waals surface area contributed by atoms with E-state index in [1.54, 1.807) is 24.3 Å². The van der Waals surface area contributed by atoms with Gasteiger partial charge < -0.3 is 5.32 Å². The summed E-state index contributed by atoms with van der Waals surface area (Å²) in [7, 11) is -3.42. The standard InChI is InChI=1S/C19H23ClN2O3S/c1-15-5-3-4-6-17(15)13-21-19(23)11-12-22(26(2,24)25)14-16-7-9-18(20)10-8-16/h3-10H,11-14H2,1-2H3,(H,21,23). The van der Waals surface area contributed by atoms with Crippen molar-refractivity contribution in [1.82, 2.24) is 9.62 Å². The minimum absolute atomic E-state index is 0.104. The fourth-order valence-corrected chi connectivity index (χ4v) is 3.40. The van der Waals surface area contributed by atoms with Crippen molar-refractivity contribution in [3.8, 4) is 0 Å². The van der Waals surface area contributed by atoms with Crippen LogP contribution in [0, 0.1) is 6.92 Å². The summed E-state index contributed by atoms with van der Waals surface area (Å²) in [6.07, 6.45) is 1.25. The molecule has 0 unspecified atom stereocenters. The topological polar surface area (TPSA) is 66.5 Å². The average molecular weight is 395 g/mol. The van der Waals surface area contributed by atoms with Crippen molar-refractivity contribution < 1.29 is 13.2 Å². The van der Waals surface area contributed by atoms with Crippen LogP contribution in [0.2, 0.25) is 5.02 Å². The van der Waals surface area contributed by atoms with Gasteiger partial charge in [-0.2, -0.15) is 4.31 Å². The van der Waals surface area contributed by atoms with Gasteiger partial charge in [0.2, 0.25) is 15.9 Å². The fourth-order valence-electron chi connectivity index (χ4n) is 2.47. The smallest absolute Gasteiger partial charge is 0.221 e. The molecule has 0 heterocycles. The minimum Gasteiger partial charge on any atom is -0.352 e. The Kier molecular flexibility index (Phi) is 7.20. The van der Waals surface area contributed by atoms with Crippen molar-refractivity contribution in [2.75, 3.05) is 12.8 Å². The maximum Gasteiger partial charge on any atom is 0.221 e. The summed E-state index contributed by atoms with van der Waals surface area (Å²) < 4.78 is 25.3. The van der Waals surface area contributed by atoms with Gasteiger partial charge in [0.25, 0.3) is 0 Å². The molecule has 2 aromatic carbocycles. The molecule has 140 valence electrons. The van der Waals surface area contributed by atoms with Crippen molar-refractivity contribution >= 4 is 27.5 Å². The monoisotopic (exact) mass is 394 g/mol. The van der Waals surface area contributed by atoms with Gasteiger partial charge >= 0.3 is 0 Å². The largest absolute Gasteiger partial charge is 0.352 e. The first-order valence-electron chi connectivity index (χ1n) is 8.26. The molecule has 0 fully saturated rings.